The van der Waals surface area contributed by atoms with Crippen LogP contribution in [-0.4, -0.2) is 18.5 Å². The van der Waals surface area contributed by atoms with Crippen LogP contribution in [0.3, 0.4) is 0 Å². The van der Waals surface area contributed by atoms with Gasteiger partial charge in [-0.2, -0.15) is 0 Å². The molecule has 1 spiro atoms. The van der Waals surface area contributed by atoms with Crippen LogP contribution in [0.5, 0.6) is 0 Å². The fourth-order valence-corrected chi connectivity index (χ4v) is 5.81. The quantitative estimate of drug-likeness (QED) is 0.762. The summed E-state index contributed by atoms with van der Waals surface area (Å²) in [4.78, 5) is 12.0. The van der Waals surface area contributed by atoms with Crippen molar-refractivity contribution in [2.24, 2.45) is 23.7 Å². The molecule has 2 atom stereocenters. The van der Waals surface area contributed by atoms with E-state index in [9.17, 15) is 0 Å². The van der Waals surface area contributed by atoms with Crippen molar-refractivity contribution in [3.8, 4) is 0 Å². The van der Waals surface area contributed by atoms with Gasteiger partial charge in [0.25, 0.3) is 0 Å². The largest absolute Gasteiger partial charge is 0.344 e. The molecule has 23 heavy (non-hydrogen) atoms. The topological polar surface area (TPSA) is 27.7 Å². The molecule has 3 nitrogen and oxygen atoms in total. The fourth-order valence-electron chi connectivity index (χ4n) is 5.81. The van der Waals surface area contributed by atoms with Gasteiger partial charge in [0.1, 0.15) is 6.10 Å². The van der Waals surface area contributed by atoms with Crippen molar-refractivity contribution in [1.29, 1.82) is 0 Å². The van der Waals surface area contributed by atoms with Gasteiger partial charge in [0, 0.05) is 17.8 Å². The summed E-state index contributed by atoms with van der Waals surface area (Å²) in [6.07, 6.45) is 6.52. The summed E-state index contributed by atoms with van der Waals surface area (Å²) in [5.41, 5.74) is 1.28. The van der Waals surface area contributed by atoms with Gasteiger partial charge < -0.3 is 4.74 Å². The highest BCUT2D eigenvalue weighted by atomic mass is 17.2. The lowest BCUT2D eigenvalue weighted by atomic mass is 9.53. The van der Waals surface area contributed by atoms with Crippen LogP contribution >= 0.6 is 0 Å². The Bertz CT molecular complexity index is 532. The smallest absolute Gasteiger partial charge is 0.207 e. The Morgan fingerprint density at radius 1 is 0.957 bits per heavy atom. The Morgan fingerprint density at radius 3 is 2.17 bits per heavy atom. The molecule has 3 heteroatoms. The standard InChI is InChI=1S/C20H26O3/c1-13(16-5-3-2-4-6-16)19-12-21-20(23-22-19)17-8-14-7-15(10-17)11-18(20)9-14/h2-6,13-15,17-19H,7-12H2,1H3. The van der Waals surface area contributed by atoms with Crippen molar-refractivity contribution in [1.82, 2.24) is 0 Å². The Hall–Kier alpha value is -0.900. The van der Waals surface area contributed by atoms with E-state index in [0.29, 0.717) is 18.4 Å². The minimum absolute atomic E-state index is 0.0137. The van der Waals surface area contributed by atoms with Crippen LogP contribution in [-0.2, 0) is 14.5 Å². The average Bonchev–Trinajstić information content (AvgIpc) is 2.60. The fraction of sp³-hybridized carbons (Fsp3) is 0.700. The summed E-state index contributed by atoms with van der Waals surface area (Å²) in [6, 6.07) is 10.5. The lowest BCUT2D eigenvalue weighted by Crippen LogP contribution is -2.63. The van der Waals surface area contributed by atoms with Crippen LogP contribution in [0.2, 0.25) is 0 Å². The molecule has 0 aromatic heterocycles. The third-order valence-corrected chi connectivity index (χ3v) is 6.93. The molecule has 1 aliphatic heterocycles. The third kappa shape index (κ3) is 2.20. The summed E-state index contributed by atoms with van der Waals surface area (Å²) in [6.45, 7) is 2.85. The Kier molecular flexibility index (Phi) is 3.33. The van der Waals surface area contributed by atoms with Gasteiger partial charge in [-0.05, 0) is 49.5 Å². The van der Waals surface area contributed by atoms with Crippen molar-refractivity contribution < 1.29 is 14.5 Å². The predicted molar refractivity (Wildman–Crippen MR) is 86.5 cm³/mol. The first-order valence-electron chi connectivity index (χ1n) is 9.28. The monoisotopic (exact) mass is 314 g/mol. The van der Waals surface area contributed by atoms with E-state index < -0.39 is 5.79 Å². The Morgan fingerprint density at radius 2 is 1.61 bits per heavy atom. The number of rotatable bonds is 2. The second-order valence-electron chi connectivity index (χ2n) is 8.25. The molecule has 4 saturated carbocycles. The van der Waals surface area contributed by atoms with Gasteiger partial charge in [0.2, 0.25) is 5.79 Å². The third-order valence-electron chi connectivity index (χ3n) is 6.93. The van der Waals surface area contributed by atoms with Gasteiger partial charge >= 0.3 is 0 Å². The van der Waals surface area contributed by atoms with E-state index in [1.54, 1.807) is 0 Å². The van der Waals surface area contributed by atoms with E-state index >= 15 is 0 Å². The molecule has 1 aromatic rings. The van der Waals surface area contributed by atoms with E-state index in [0.717, 1.165) is 11.8 Å². The molecule has 124 valence electrons. The first-order valence-corrected chi connectivity index (χ1v) is 9.28. The van der Waals surface area contributed by atoms with Gasteiger partial charge in [-0.25, -0.2) is 9.78 Å². The van der Waals surface area contributed by atoms with Gasteiger partial charge in [-0.15, -0.1) is 0 Å². The van der Waals surface area contributed by atoms with Crippen molar-refractivity contribution in [2.45, 2.75) is 56.8 Å². The first kappa shape index (κ1) is 14.4. The van der Waals surface area contributed by atoms with Crippen LogP contribution in [0, 0.1) is 23.7 Å². The van der Waals surface area contributed by atoms with Crippen LogP contribution in [0.4, 0.5) is 0 Å². The van der Waals surface area contributed by atoms with Crippen molar-refractivity contribution >= 4 is 0 Å². The minimum Gasteiger partial charge on any atom is -0.344 e. The molecule has 1 aromatic carbocycles. The molecule has 4 bridgehead atoms. The normalized spacial score (nSPS) is 46.2. The van der Waals surface area contributed by atoms with Gasteiger partial charge in [-0.3, -0.25) is 0 Å². The predicted octanol–water partition coefficient (Wildman–Crippen LogP) is 4.29. The summed E-state index contributed by atoms with van der Waals surface area (Å²) in [7, 11) is 0. The van der Waals surface area contributed by atoms with Crippen molar-refractivity contribution in [2.75, 3.05) is 6.61 Å². The molecule has 0 radical (unpaired) electrons. The molecular weight excluding hydrogens is 288 g/mol. The lowest BCUT2D eigenvalue weighted by Gasteiger charge is -2.60. The number of hydrogen-bond donors (Lipinski definition) is 0. The first-order chi connectivity index (χ1) is 11.2. The summed E-state index contributed by atoms with van der Waals surface area (Å²) in [5.74, 6) is 2.77. The zero-order valence-electron chi connectivity index (χ0n) is 13.8. The molecule has 0 amide bonds. The molecule has 4 aliphatic carbocycles. The Balaban J connectivity index is 1.31. The maximum absolute atomic E-state index is 6.45. The molecule has 5 fully saturated rings. The highest BCUT2D eigenvalue weighted by molar-refractivity contribution is 5.20. The molecule has 1 saturated heterocycles. The van der Waals surface area contributed by atoms with E-state index in [4.69, 9.17) is 14.5 Å². The second kappa shape index (κ2) is 5.30. The molecule has 0 N–H and O–H groups in total. The minimum atomic E-state index is -0.430. The molecule has 6 rings (SSSR count). The molecule has 1 heterocycles. The highest BCUT2D eigenvalue weighted by Gasteiger charge is 2.61. The summed E-state index contributed by atoms with van der Waals surface area (Å²) >= 11 is 0. The van der Waals surface area contributed by atoms with Crippen LogP contribution in [0.25, 0.3) is 0 Å². The maximum atomic E-state index is 6.45. The van der Waals surface area contributed by atoms with E-state index in [1.165, 1.54) is 37.7 Å². The van der Waals surface area contributed by atoms with Gasteiger partial charge in [0.15, 0.2) is 0 Å². The number of hydrogen-bond acceptors (Lipinski definition) is 3. The zero-order valence-corrected chi connectivity index (χ0v) is 13.8. The maximum Gasteiger partial charge on any atom is 0.207 e. The van der Waals surface area contributed by atoms with E-state index in [1.807, 2.05) is 0 Å². The van der Waals surface area contributed by atoms with Crippen LogP contribution < -0.4 is 0 Å². The van der Waals surface area contributed by atoms with E-state index in [2.05, 4.69) is 37.3 Å². The van der Waals surface area contributed by atoms with Crippen molar-refractivity contribution in [3.63, 3.8) is 0 Å². The molecule has 2 unspecified atom stereocenters. The molecular formula is C20H26O3. The van der Waals surface area contributed by atoms with Gasteiger partial charge in [-0.1, -0.05) is 37.3 Å². The SMILES string of the molecule is CC(c1ccccc1)C1COC2(OO1)C1CC3CC(C1)CC2C3. The van der Waals surface area contributed by atoms with E-state index in [-0.39, 0.29) is 12.0 Å². The number of benzene rings is 1. The number of ether oxygens (including phenoxy) is 1. The average molecular weight is 314 g/mol. The highest BCUT2D eigenvalue weighted by Crippen LogP contribution is 2.60. The second-order valence-corrected chi connectivity index (χ2v) is 8.25. The van der Waals surface area contributed by atoms with Crippen LogP contribution in [0.15, 0.2) is 30.3 Å². The van der Waals surface area contributed by atoms with Crippen LogP contribution in [0.1, 0.15) is 50.5 Å². The summed E-state index contributed by atoms with van der Waals surface area (Å²) < 4.78 is 6.45. The van der Waals surface area contributed by atoms with Crippen molar-refractivity contribution in [3.05, 3.63) is 35.9 Å². The lowest BCUT2D eigenvalue weighted by molar-refractivity contribution is -0.526. The zero-order chi connectivity index (χ0) is 15.4. The van der Waals surface area contributed by atoms with Gasteiger partial charge in [0.05, 0.1) is 6.61 Å². The molecule has 5 aliphatic rings. The summed E-state index contributed by atoms with van der Waals surface area (Å²) in [5, 5.41) is 0. The Labute approximate surface area is 138 Å².